The van der Waals surface area contributed by atoms with Crippen LogP contribution in [0.15, 0.2) is 54.6 Å². The predicted molar refractivity (Wildman–Crippen MR) is 127 cm³/mol. The van der Waals surface area contributed by atoms with Crippen LogP contribution in [0, 0.1) is 11.6 Å². The van der Waals surface area contributed by atoms with E-state index in [1.54, 1.807) is 4.90 Å². The van der Waals surface area contributed by atoms with Crippen molar-refractivity contribution in [1.82, 2.24) is 14.7 Å². The SMILES string of the molecule is CN1CCN(C(=O)OC2CC2)C(CC=O)(N2CC(c3cc(F)ccc3F)=C[C@H]2c2ccccc2)C1. The van der Waals surface area contributed by atoms with Crippen LogP contribution in [0.1, 0.15) is 36.4 Å². The second kappa shape index (κ2) is 9.51. The number of likely N-dealkylation sites (N-methyl/N-ethyl adjacent to an activating group) is 1. The van der Waals surface area contributed by atoms with Gasteiger partial charge in [-0.3, -0.25) is 9.80 Å². The van der Waals surface area contributed by atoms with Crippen molar-refractivity contribution in [3.63, 3.8) is 0 Å². The first kappa shape index (κ1) is 23.6. The molecule has 2 heterocycles. The summed E-state index contributed by atoms with van der Waals surface area (Å²) >= 11 is 0. The molecule has 2 atom stereocenters. The summed E-state index contributed by atoms with van der Waals surface area (Å²) in [5.74, 6) is -1.03. The molecule has 0 radical (unpaired) electrons. The number of ether oxygens (including phenoxy) is 1. The fourth-order valence-electron chi connectivity index (χ4n) is 5.27. The molecule has 3 aliphatic rings. The first-order valence-corrected chi connectivity index (χ1v) is 12.0. The van der Waals surface area contributed by atoms with Crippen LogP contribution in [0.3, 0.4) is 0 Å². The third-order valence-corrected chi connectivity index (χ3v) is 7.14. The molecule has 2 fully saturated rings. The smallest absolute Gasteiger partial charge is 0.411 e. The highest BCUT2D eigenvalue weighted by molar-refractivity contribution is 5.73. The van der Waals surface area contributed by atoms with E-state index in [0.717, 1.165) is 36.8 Å². The molecule has 1 saturated carbocycles. The Kier molecular flexibility index (Phi) is 6.42. The van der Waals surface area contributed by atoms with Gasteiger partial charge in [0, 0.05) is 38.2 Å². The zero-order valence-corrected chi connectivity index (χ0v) is 19.7. The Hall–Kier alpha value is -3.10. The summed E-state index contributed by atoms with van der Waals surface area (Å²) in [6, 6.07) is 12.7. The van der Waals surface area contributed by atoms with Crippen LogP contribution in [0.5, 0.6) is 0 Å². The number of amides is 1. The number of piperazine rings is 1. The first-order chi connectivity index (χ1) is 16.9. The topological polar surface area (TPSA) is 53.1 Å². The molecule has 1 aliphatic carbocycles. The van der Waals surface area contributed by atoms with Crippen molar-refractivity contribution in [2.24, 2.45) is 0 Å². The molecule has 5 rings (SSSR count). The molecule has 2 aliphatic heterocycles. The van der Waals surface area contributed by atoms with Gasteiger partial charge in [0.25, 0.3) is 0 Å². The van der Waals surface area contributed by atoms with Crippen molar-refractivity contribution >= 4 is 18.0 Å². The van der Waals surface area contributed by atoms with Gasteiger partial charge in [0.05, 0.1) is 6.04 Å². The Morgan fingerprint density at radius 2 is 1.91 bits per heavy atom. The Bertz CT molecular complexity index is 1140. The standard InChI is InChI=1S/C27H29F2N3O3/c1-30-12-13-31(26(34)35-22-8-9-22)27(18-30,11-14-33)32-17-20(23-16-21(28)7-10-24(23)29)15-25(32)19-5-3-2-4-6-19/h2-7,10,14-16,22,25H,8-9,11-13,17-18H2,1H3/t25-,27?/m0/s1. The minimum Gasteiger partial charge on any atom is -0.446 e. The van der Waals surface area contributed by atoms with Gasteiger partial charge in [0.15, 0.2) is 0 Å². The van der Waals surface area contributed by atoms with Crippen molar-refractivity contribution in [3.05, 3.63) is 77.4 Å². The predicted octanol–water partition coefficient (Wildman–Crippen LogP) is 4.24. The van der Waals surface area contributed by atoms with E-state index in [-0.39, 0.29) is 30.7 Å². The normalized spacial score (nSPS) is 25.4. The van der Waals surface area contributed by atoms with E-state index < -0.39 is 23.4 Å². The molecule has 2 aromatic rings. The molecular formula is C27H29F2N3O3. The summed E-state index contributed by atoms with van der Waals surface area (Å²) < 4.78 is 34.6. The van der Waals surface area contributed by atoms with E-state index >= 15 is 0 Å². The Labute approximate surface area is 203 Å². The van der Waals surface area contributed by atoms with Gasteiger partial charge in [0.1, 0.15) is 29.7 Å². The van der Waals surface area contributed by atoms with Crippen LogP contribution >= 0.6 is 0 Å². The first-order valence-electron chi connectivity index (χ1n) is 12.0. The van der Waals surface area contributed by atoms with E-state index in [1.807, 2.05) is 43.5 Å². The Morgan fingerprint density at radius 3 is 2.63 bits per heavy atom. The maximum Gasteiger partial charge on any atom is 0.411 e. The fraction of sp³-hybridized carbons (Fsp3) is 0.407. The van der Waals surface area contributed by atoms with E-state index in [9.17, 15) is 18.4 Å². The monoisotopic (exact) mass is 481 g/mol. The lowest BCUT2D eigenvalue weighted by atomic mass is 9.95. The Balaban J connectivity index is 1.60. The maximum absolute atomic E-state index is 14.8. The van der Waals surface area contributed by atoms with Crippen molar-refractivity contribution in [3.8, 4) is 0 Å². The number of hydrogen-bond donors (Lipinski definition) is 0. The molecule has 1 unspecified atom stereocenters. The molecule has 6 nitrogen and oxygen atoms in total. The summed E-state index contributed by atoms with van der Waals surface area (Å²) in [5, 5.41) is 0. The van der Waals surface area contributed by atoms with Crippen LogP contribution in [0.25, 0.3) is 5.57 Å². The molecular weight excluding hydrogens is 452 g/mol. The minimum absolute atomic E-state index is 0.0627. The van der Waals surface area contributed by atoms with Gasteiger partial charge in [-0.15, -0.1) is 0 Å². The van der Waals surface area contributed by atoms with Crippen molar-refractivity contribution < 1.29 is 23.1 Å². The molecule has 0 aromatic heterocycles. The minimum atomic E-state index is -1.01. The molecule has 1 amide bonds. The van der Waals surface area contributed by atoms with Crippen LogP contribution in [0.4, 0.5) is 13.6 Å². The quantitative estimate of drug-likeness (QED) is 0.578. The van der Waals surface area contributed by atoms with E-state index in [2.05, 4.69) is 9.80 Å². The number of carbonyl (C=O) groups excluding carboxylic acids is 2. The van der Waals surface area contributed by atoms with Gasteiger partial charge in [-0.25, -0.2) is 13.6 Å². The molecule has 8 heteroatoms. The number of carbonyl (C=O) groups is 2. The third kappa shape index (κ3) is 4.60. The zero-order chi connectivity index (χ0) is 24.6. The fourth-order valence-corrected chi connectivity index (χ4v) is 5.27. The second-order valence-corrected chi connectivity index (χ2v) is 9.63. The summed E-state index contributed by atoms with van der Waals surface area (Å²) in [6.45, 7) is 1.71. The number of aldehydes is 1. The molecule has 0 N–H and O–H groups in total. The third-order valence-electron chi connectivity index (χ3n) is 7.14. The van der Waals surface area contributed by atoms with Gasteiger partial charge in [0.2, 0.25) is 0 Å². The van der Waals surface area contributed by atoms with Gasteiger partial charge in [-0.05, 0) is 49.2 Å². The largest absolute Gasteiger partial charge is 0.446 e. The highest BCUT2D eigenvalue weighted by Gasteiger charge is 2.52. The summed E-state index contributed by atoms with van der Waals surface area (Å²) in [6.07, 6.45) is 4.00. The van der Waals surface area contributed by atoms with Crippen molar-refractivity contribution in [2.75, 3.05) is 33.2 Å². The molecule has 184 valence electrons. The molecule has 0 bridgehead atoms. The van der Waals surface area contributed by atoms with Crippen LogP contribution in [-0.4, -0.2) is 72.1 Å². The second-order valence-electron chi connectivity index (χ2n) is 9.63. The lowest BCUT2D eigenvalue weighted by Crippen LogP contribution is -2.71. The highest BCUT2D eigenvalue weighted by Crippen LogP contribution is 2.44. The van der Waals surface area contributed by atoms with Crippen molar-refractivity contribution in [2.45, 2.75) is 37.1 Å². The van der Waals surface area contributed by atoms with E-state index in [1.165, 1.54) is 6.07 Å². The maximum atomic E-state index is 14.8. The summed E-state index contributed by atoms with van der Waals surface area (Å²) in [4.78, 5) is 31.2. The highest BCUT2D eigenvalue weighted by atomic mass is 19.1. The molecule has 35 heavy (non-hydrogen) atoms. The van der Waals surface area contributed by atoms with Crippen LogP contribution in [-0.2, 0) is 9.53 Å². The summed E-state index contributed by atoms with van der Waals surface area (Å²) in [5.41, 5.74) is 0.729. The van der Waals surface area contributed by atoms with Crippen LogP contribution < -0.4 is 0 Å². The van der Waals surface area contributed by atoms with E-state index in [0.29, 0.717) is 25.2 Å². The zero-order valence-electron chi connectivity index (χ0n) is 19.7. The Morgan fingerprint density at radius 1 is 1.14 bits per heavy atom. The average Bonchev–Trinajstić information content (AvgIpc) is 3.54. The van der Waals surface area contributed by atoms with Crippen LogP contribution in [0.2, 0.25) is 0 Å². The van der Waals surface area contributed by atoms with Gasteiger partial charge < -0.3 is 14.4 Å². The van der Waals surface area contributed by atoms with E-state index in [4.69, 9.17) is 4.74 Å². The summed E-state index contributed by atoms with van der Waals surface area (Å²) in [7, 11) is 1.96. The van der Waals surface area contributed by atoms with Crippen molar-refractivity contribution in [1.29, 1.82) is 0 Å². The van der Waals surface area contributed by atoms with Gasteiger partial charge in [-0.1, -0.05) is 36.4 Å². The van der Waals surface area contributed by atoms with Gasteiger partial charge in [-0.2, -0.15) is 0 Å². The number of halogens is 2. The number of nitrogens with zero attached hydrogens (tertiary/aromatic N) is 3. The van der Waals surface area contributed by atoms with Gasteiger partial charge >= 0.3 is 6.09 Å². The number of benzene rings is 2. The lowest BCUT2D eigenvalue weighted by molar-refractivity contribution is -0.125. The lowest BCUT2D eigenvalue weighted by Gasteiger charge is -2.54. The molecule has 2 aromatic carbocycles. The average molecular weight is 482 g/mol. The number of rotatable bonds is 6. The molecule has 1 saturated heterocycles. The number of hydrogen-bond acceptors (Lipinski definition) is 5. The molecule has 0 spiro atoms.